The molecule has 0 fully saturated rings. The number of nitrogens with one attached hydrogen (secondary N) is 1. The number of carbonyl (C=O) groups is 1. The van der Waals surface area contributed by atoms with Gasteiger partial charge in [-0.3, -0.25) is 14.8 Å². The normalized spacial score (nSPS) is 10.8. The van der Waals surface area contributed by atoms with E-state index in [0.717, 1.165) is 16.5 Å². The number of nitrogens with two attached hydrogens (primary N) is 1. The Morgan fingerprint density at radius 3 is 2.45 bits per heavy atom. The second-order valence-corrected chi connectivity index (χ2v) is 7.66. The molecule has 3 heterocycles. The highest BCUT2D eigenvalue weighted by Crippen LogP contribution is 2.35. The first-order valence-electron chi connectivity index (χ1n) is 10.1. The van der Waals surface area contributed by atoms with Gasteiger partial charge in [0, 0.05) is 35.1 Å². The quantitative estimate of drug-likeness (QED) is 0.386. The van der Waals surface area contributed by atoms with Crippen molar-refractivity contribution in [2.45, 2.75) is 0 Å². The number of hydrogen-bond acceptors (Lipinski definition) is 6. The van der Waals surface area contributed by atoms with Crippen LogP contribution in [0.5, 0.6) is 0 Å². The van der Waals surface area contributed by atoms with Crippen molar-refractivity contribution < 1.29 is 4.79 Å². The van der Waals surface area contributed by atoms with Crippen LogP contribution < -0.4 is 11.1 Å². The van der Waals surface area contributed by atoms with Gasteiger partial charge in [0.15, 0.2) is 11.6 Å². The molecule has 0 radical (unpaired) electrons. The minimum absolute atomic E-state index is 0.100. The number of hydrogen-bond donors (Lipinski definition) is 2. The Labute approximate surface area is 194 Å². The van der Waals surface area contributed by atoms with E-state index >= 15 is 0 Å². The van der Waals surface area contributed by atoms with Crippen LogP contribution in [0.1, 0.15) is 10.4 Å². The Balaban J connectivity index is 1.68. The maximum Gasteiger partial charge on any atom is 0.258 e. The Bertz CT molecular complexity index is 1480. The van der Waals surface area contributed by atoms with Gasteiger partial charge in [-0.2, -0.15) is 0 Å². The molecule has 0 spiro atoms. The SMILES string of the molecule is Nc1nc(-c2ccccc2)c(-c2cc(Cl)c3ncccc3c2)nc1NC(=O)c1cccnc1. The lowest BCUT2D eigenvalue weighted by Gasteiger charge is -2.14. The summed E-state index contributed by atoms with van der Waals surface area (Å²) in [7, 11) is 0. The van der Waals surface area contributed by atoms with E-state index in [1.54, 1.807) is 30.6 Å². The van der Waals surface area contributed by atoms with Crippen LogP contribution in [0.4, 0.5) is 11.6 Å². The maximum atomic E-state index is 12.7. The average molecular weight is 453 g/mol. The summed E-state index contributed by atoms with van der Waals surface area (Å²) < 4.78 is 0. The molecule has 33 heavy (non-hydrogen) atoms. The molecule has 160 valence electrons. The summed E-state index contributed by atoms with van der Waals surface area (Å²) in [6.45, 7) is 0. The van der Waals surface area contributed by atoms with E-state index in [2.05, 4.69) is 20.3 Å². The first kappa shape index (κ1) is 20.5. The summed E-state index contributed by atoms with van der Waals surface area (Å²) in [5.41, 5.74) is 9.95. The van der Waals surface area contributed by atoms with E-state index in [1.807, 2.05) is 48.5 Å². The van der Waals surface area contributed by atoms with Crippen LogP contribution in [0, 0.1) is 0 Å². The van der Waals surface area contributed by atoms with Gasteiger partial charge >= 0.3 is 0 Å². The van der Waals surface area contributed by atoms with Crippen molar-refractivity contribution in [2.24, 2.45) is 0 Å². The van der Waals surface area contributed by atoms with Gasteiger partial charge in [0.2, 0.25) is 0 Å². The van der Waals surface area contributed by atoms with Gasteiger partial charge in [-0.25, -0.2) is 9.97 Å². The zero-order chi connectivity index (χ0) is 22.8. The van der Waals surface area contributed by atoms with E-state index in [0.29, 0.717) is 27.5 Å². The molecule has 5 rings (SSSR count). The fraction of sp³-hybridized carbons (Fsp3) is 0. The standard InChI is InChI=1S/C25H17ClN6O/c26-19-13-18(12-16-8-5-11-29-20(16)19)22-21(15-6-2-1-3-7-15)30-23(27)24(31-22)32-25(33)17-9-4-10-28-14-17/h1-14H,(H2,27,30)(H,31,32,33). The molecule has 7 nitrogen and oxygen atoms in total. The van der Waals surface area contributed by atoms with E-state index in [1.165, 1.54) is 6.20 Å². The first-order chi connectivity index (χ1) is 16.1. The molecule has 0 atom stereocenters. The first-order valence-corrected chi connectivity index (χ1v) is 10.5. The Morgan fingerprint density at radius 1 is 0.879 bits per heavy atom. The minimum Gasteiger partial charge on any atom is -0.381 e. The van der Waals surface area contributed by atoms with Gasteiger partial charge in [0.25, 0.3) is 5.91 Å². The molecule has 0 saturated carbocycles. The second kappa shape index (κ2) is 8.64. The number of anilines is 2. The monoisotopic (exact) mass is 452 g/mol. The van der Waals surface area contributed by atoms with E-state index in [4.69, 9.17) is 22.3 Å². The number of carbonyl (C=O) groups excluding carboxylic acids is 1. The fourth-order valence-corrected chi connectivity index (χ4v) is 3.78. The molecule has 5 aromatic rings. The summed E-state index contributed by atoms with van der Waals surface area (Å²) in [6, 6.07) is 20.4. The molecule has 0 aliphatic heterocycles. The van der Waals surface area contributed by atoms with Gasteiger partial charge in [-0.05, 0) is 30.3 Å². The van der Waals surface area contributed by atoms with Crippen LogP contribution in [0.15, 0.2) is 85.3 Å². The summed E-state index contributed by atoms with van der Waals surface area (Å²) in [4.78, 5) is 30.3. The number of rotatable bonds is 4. The molecule has 2 aromatic carbocycles. The van der Waals surface area contributed by atoms with Crippen molar-refractivity contribution in [3.05, 3.63) is 95.9 Å². The van der Waals surface area contributed by atoms with Gasteiger partial charge in [0.05, 0.1) is 27.5 Å². The molecule has 0 unspecified atom stereocenters. The number of benzene rings is 2. The Hall–Kier alpha value is -4.36. The average Bonchev–Trinajstić information content (AvgIpc) is 2.86. The zero-order valence-electron chi connectivity index (χ0n) is 17.2. The van der Waals surface area contributed by atoms with Crippen LogP contribution >= 0.6 is 11.6 Å². The number of fused-ring (bicyclic) bond motifs is 1. The molecule has 0 saturated heterocycles. The highest BCUT2D eigenvalue weighted by molar-refractivity contribution is 6.35. The van der Waals surface area contributed by atoms with Gasteiger partial charge in [-0.1, -0.05) is 48.0 Å². The van der Waals surface area contributed by atoms with Crippen LogP contribution in [0.2, 0.25) is 5.02 Å². The molecule has 3 N–H and O–H groups in total. The van der Waals surface area contributed by atoms with Gasteiger partial charge in [0.1, 0.15) is 0 Å². The van der Waals surface area contributed by atoms with Crippen molar-refractivity contribution >= 4 is 40.0 Å². The summed E-state index contributed by atoms with van der Waals surface area (Å²) in [6.07, 6.45) is 4.75. The molecule has 0 aliphatic rings. The highest BCUT2D eigenvalue weighted by atomic mass is 35.5. The van der Waals surface area contributed by atoms with Crippen molar-refractivity contribution in [3.63, 3.8) is 0 Å². The van der Waals surface area contributed by atoms with Crippen molar-refractivity contribution in [1.82, 2.24) is 19.9 Å². The number of pyridine rings is 2. The largest absolute Gasteiger partial charge is 0.381 e. The molecule has 3 aromatic heterocycles. The lowest BCUT2D eigenvalue weighted by Crippen LogP contribution is -2.16. The third kappa shape index (κ3) is 4.09. The molecule has 0 aliphatic carbocycles. The summed E-state index contributed by atoms with van der Waals surface area (Å²) in [5.74, 6) is -0.132. The molecule has 8 heteroatoms. The van der Waals surface area contributed by atoms with Crippen LogP contribution in [0.3, 0.4) is 0 Å². The second-order valence-electron chi connectivity index (χ2n) is 7.25. The van der Waals surface area contributed by atoms with E-state index in [-0.39, 0.29) is 17.5 Å². The number of nitrogens with zero attached hydrogens (tertiary/aromatic N) is 4. The number of amides is 1. The zero-order valence-corrected chi connectivity index (χ0v) is 18.0. The van der Waals surface area contributed by atoms with Crippen LogP contribution in [0.25, 0.3) is 33.4 Å². The Morgan fingerprint density at radius 2 is 1.67 bits per heavy atom. The third-order valence-electron chi connectivity index (χ3n) is 5.06. The predicted molar refractivity (Wildman–Crippen MR) is 130 cm³/mol. The van der Waals surface area contributed by atoms with E-state index < -0.39 is 0 Å². The lowest BCUT2D eigenvalue weighted by molar-refractivity contribution is 0.102. The van der Waals surface area contributed by atoms with E-state index in [9.17, 15) is 4.79 Å². The van der Waals surface area contributed by atoms with Gasteiger partial charge < -0.3 is 11.1 Å². The topological polar surface area (TPSA) is 107 Å². The van der Waals surface area contributed by atoms with Crippen LogP contribution in [-0.4, -0.2) is 25.8 Å². The smallest absolute Gasteiger partial charge is 0.258 e. The third-order valence-corrected chi connectivity index (χ3v) is 5.35. The predicted octanol–water partition coefficient (Wildman–Crippen LogP) is 5.24. The molecular weight excluding hydrogens is 436 g/mol. The summed E-state index contributed by atoms with van der Waals surface area (Å²) in [5, 5.41) is 4.09. The summed E-state index contributed by atoms with van der Waals surface area (Å²) >= 11 is 6.53. The van der Waals surface area contributed by atoms with Crippen molar-refractivity contribution in [1.29, 1.82) is 0 Å². The molecular formula is C25H17ClN6O. The van der Waals surface area contributed by atoms with Crippen LogP contribution in [-0.2, 0) is 0 Å². The molecule has 1 amide bonds. The maximum absolute atomic E-state index is 12.7. The number of nitrogen functional groups attached to an aromatic ring is 1. The fourth-order valence-electron chi connectivity index (χ4n) is 3.50. The highest BCUT2D eigenvalue weighted by Gasteiger charge is 2.19. The number of halogens is 1. The molecule has 0 bridgehead atoms. The number of aromatic nitrogens is 4. The van der Waals surface area contributed by atoms with Gasteiger partial charge in [-0.15, -0.1) is 0 Å². The Kier molecular flexibility index (Phi) is 5.38. The van der Waals surface area contributed by atoms with Crippen molar-refractivity contribution in [3.8, 4) is 22.5 Å². The van der Waals surface area contributed by atoms with Crippen molar-refractivity contribution in [2.75, 3.05) is 11.1 Å². The lowest BCUT2D eigenvalue weighted by atomic mass is 10.0. The minimum atomic E-state index is -0.386.